The molecule has 0 saturated heterocycles. The molecular weight excluding hydrogens is 242 g/mol. The fourth-order valence-electron chi connectivity index (χ4n) is 1.84. The Bertz CT molecular complexity index is 532. The molecule has 0 unspecified atom stereocenters. The molecule has 2 heterocycles. The number of rotatable bonds is 5. The molecule has 0 aliphatic heterocycles. The van der Waals surface area contributed by atoms with Crippen LogP contribution in [0, 0.1) is 0 Å². The second kappa shape index (κ2) is 5.99. The highest BCUT2D eigenvalue weighted by Gasteiger charge is 2.15. The minimum absolute atomic E-state index is 0.636. The number of pyridine rings is 1. The molecule has 6 nitrogen and oxygen atoms in total. The zero-order valence-corrected chi connectivity index (χ0v) is 11.3. The summed E-state index contributed by atoms with van der Waals surface area (Å²) in [7, 11) is 5.37. The van der Waals surface area contributed by atoms with Crippen molar-refractivity contribution >= 4 is 11.6 Å². The molecule has 0 saturated carbocycles. The van der Waals surface area contributed by atoms with Crippen molar-refractivity contribution < 1.29 is 4.74 Å². The molecule has 1 N–H and O–H groups in total. The van der Waals surface area contributed by atoms with Gasteiger partial charge in [-0.1, -0.05) is 6.07 Å². The van der Waals surface area contributed by atoms with Crippen LogP contribution in [-0.2, 0) is 6.54 Å². The van der Waals surface area contributed by atoms with Crippen molar-refractivity contribution in [2.24, 2.45) is 0 Å². The van der Waals surface area contributed by atoms with E-state index in [1.807, 2.05) is 30.3 Å². The van der Waals surface area contributed by atoms with Crippen molar-refractivity contribution in [3.63, 3.8) is 0 Å². The van der Waals surface area contributed by atoms with Crippen molar-refractivity contribution in [1.29, 1.82) is 0 Å². The SMILES string of the molecule is CNc1ncnc(N(C)Cc2cccnc2)c1OC. The Morgan fingerprint density at radius 3 is 2.84 bits per heavy atom. The van der Waals surface area contributed by atoms with Crippen LogP contribution in [-0.4, -0.2) is 36.2 Å². The Morgan fingerprint density at radius 2 is 2.21 bits per heavy atom. The van der Waals surface area contributed by atoms with Gasteiger partial charge in [0.05, 0.1) is 7.11 Å². The Balaban J connectivity index is 2.26. The van der Waals surface area contributed by atoms with Gasteiger partial charge >= 0.3 is 0 Å². The molecule has 0 spiro atoms. The molecule has 2 rings (SSSR count). The lowest BCUT2D eigenvalue weighted by atomic mass is 10.2. The van der Waals surface area contributed by atoms with Crippen molar-refractivity contribution in [2.75, 3.05) is 31.4 Å². The Labute approximate surface area is 112 Å². The predicted octanol–water partition coefficient (Wildman–Crippen LogP) is 1.56. The number of anilines is 2. The summed E-state index contributed by atoms with van der Waals surface area (Å²) in [4.78, 5) is 14.5. The fourth-order valence-corrected chi connectivity index (χ4v) is 1.84. The first kappa shape index (κ1) is 13.1. The normalized spacial score (nSPS) is 10.1. The van der Waals surface area contributed by atoms with Crippen molar-refractivity contribution in [3.05, 3.63) is 36.4 Å². The lowest BCUT2D eigenvalue weighted by Gasteiger charge is -2.21. The van der Waals surface area contributed by atoms with Crippen LogP contribution in [0.5, 0.6) is 5.75 Å². The van der Waals surface area contributed by atoms with Crippen LogP contribution < -0.4 is 15.0 Å². The van der Waals surface area contributed by atoms with Gasteiger partial charge in [0.2, 0.25) is 5.75 Å². The smallest absolute Gasteiger partial charge is 0.204 e. The molecule has 0 bridgehead atoms. The van der Waals surface area contributed by atoms with Crippen LogP contribution in [0.25, 0.3) is 0 Å². The number of nitrogens with one attached hydrogen (secondary N) is 1. The molecule has 2 aromatic rings. The van der Waals surface area contributed by atoms with Gasteiger partial charge in [-0.05, 0) is 11.6 Å². The minimum atomic E-state index is 0.636. The lowest BCUT2D eigenvalue weighted by Crippen LogP contribution is -2.19. The molecule has 100 valence electrons. The molecule has 2 aromatic heterocycles. The van der Waals surface area contributed by atoms with Gasteiger partial charge < -0.3 is 15.0 Å². The van der Waals surface area contributed by atoms with E-state index in [-0.39, 0.29) is 0 Å². The van der Waals surface area contributed by atoms with Gasteiger partial charge in [0.1, 0.15) is 6.33 Å². The van der Waals surface area contributed by atoms with E-state index in [4.69, 9.17) is 4.74 Å². The Hall–Kier alpha value is -2.37. The van der Waals surface area contributed by atoms with Crippen molar-refractivity contribution in [3.8, 4) is 5.75 Å². The maximum absolute atomic E-state index is 5.38. The van der Waals surface area contributed by atoms with Crippen LogP contribution >= 0.6 is 0 Å². The number of hydrogen-bond acceptors (Lipinski definition) is 6. The highest BCUT2D eigenvalue weighted by Crippen LogP contribution is 2.31. The highest BCUT2D eigenvalue weighted by atomic mass is 16.5. The fraction of sp³-hybridized carbons (Fsp3) is 0.308. The second-order valence-corrected chi connectivity index (χ2v) is 4.05. The largest absolute Gasteiger partial charge is 0.490 e. The van der Waals surface area contributed by atoms with Crippen LogP contribution in [0.1, 0.15) is 5.56 Å². The summed E-state index contributed by atoms with van der Waals surface area (Å²) in [5.74, 6) is 2.05. The van der Waals surface area contributed by atoms with Crippen molar-refractivity contribution in [1.82, 2.24) is 15.0 Å². The van der Waals surface area contributed by atoms with Crippen LogP contribution in [0.3, 0.4) is 0 Å². The zero-order chi connectivity index (χ0) is 13.7. The summed E-state index contributed by atoms with van der Waals surface area (Å²) in [5.41, 5.74) is 1.11. The van der Waals surface area contributed by atoms with E-state index in [9.17, 15) is 0 Å². The summed E-state index contributed by atoms with van der Waals surface area (Å²) >= 11 is 0. The second-order valence-electron chi connectivity index (χ2n) is 4.05. The zero-order valence-electron chi connectivity index (χ0n) is 11.3. The molecule has 19 heavy (non-hydrogen) atoms. The third-order valence-corrected chi connectivity index (χ3v) is 2.73. The van der Waals surface area contributed by atoms with Gasteiger partial charge in [-0.15, -0.1) is 0 Å². The van der Waals surface area contributed by atoms with E-state index in [1.54, 1.807) is 20.4 Å². The van der Waals surface area contributed by atoms with Crippen LogP contribution in [0.4, 0.5) is 11.6 Å². The topological polar surface area (TPSA) is 63.2 Å². The van der Waals surface area contributed by atoms with Gasteiger partial charge in [-0.2, -0.15) is 0 Å². The predicted molar refractivity (Wildman–Crippen MR) is 74.5 cm³/mol. The summed E-state index contributed by atoms with van der Waals surface area (Å²) in [5, 5.41) is 2.99. The quantitative estimate of drug-likeness (QED) is 0.879. The van der Waals surface area contributed by atoms with E-state index in [0.717, 1.165) is 11.4 Å². The Kier molecular flexibility index (Phi) is 4.12. The standard InChI is InChI=1S/C13H17N5O/c1-14-12-11(19-3)13(17-9-16-12)18(2)8-10-5-4-6-15-7-10/h4-7,9H,8H2,1-3H3,(H,14,16,17). The van der Waals surface area contributed by atoms with E-state index in [2.05, 4.69) is 20.3 Å². The summed E-state index contributed by atoms with van der Waals surface area (Å²) < 4.78 is 5.38. The molecule has 0 radical (unpaired) electrons. The average Bonchev–Trinajstić information content (AvgIpc) is 2.47. The molecular formula is C13H17N5O. The summed E-state index contributed by atoms with van der Waals surface area (Å²) in [6, 6.07) is 3.94. The van der Waals surface area contributed by atoms with E-state index in [0.29, 0.717) is 18.1 Å². The molecule has 0 aliphatic carbocycles. The van der Waals surface area contributed by atoms with Gasteiger partial charge in [0.15, 0.2) is 11.6 Å². The number of nitrogens with zero attached hydrogens (tertiary/aromatic N) is 4. The van der Waals surface area contributed by atoms with Crippen LogP contribution in [0.15, 0.2) is 30.9 Å². The first-order chi connectivity index (χ1) is 9.26. The molecule has 6 heteroatoms. The van der Waals surface area contributed by atoms with E-state index < -0.39 is 0 Å². The number of ether oxygens (including phenoxy) is 1. The molecule has 0 aliphatic rings. The molecule has 0 fully saturated rings. The molecule has 0 atom stereocenters. The number of aromatic nitrogens is 3. The van der Waals surface area contributed by atoms with Gasteiger partial charge in [0, 0.05) is 33.0 Å². The molecule has 0 aromatic carbocycles. The monoisotopic (exact) mass is 259 g/mol. The maximum atomic E-state index is 5.38. The number of methoxy groups -OCH3 is 1. The molecule has 0 amide bonds. The minimum Gasteiger partial charge on any atom is -0.490 e. The highest BCUT2D eigenvalue weighted by molar-refractivity contribution is 5.64. The Morgan fingerprint density at radius 1 is 1.37 bits per heavy atom. The van der Waals surface area contributed by atoms with E-state index >= 15 is 0 Å². The average molecular weight is 259 g/mol. The third kappa shape index (κ3) is 2.90. The van der Waals surface area contributed by atoms with E-state index in [1.165, 1.54) is 6.33 Å². The summed E-state index contributed by atoms with van der Waals surface area (Å²) in [6.07, 6.45) is 5.11. The third-order valence-electron chi connectivity index (χ3n) is 2.73. The van der Waals surface area contributed by atoms with Gasteiger partial charge in [-0.25, -0.2) is 9.97 Å². The van der Waals surface area contributed by atoms with Gasteiger partial charge in [-0.3, -0.25) is 4.98 Å². The first-order valence-corrected chi connectivity index (χ1v) is 5.93. The summed E-state index contributed by atoms with van der Waals surface area (Å²) in [6.45, 7) is 0.699. The maximum Gasteiger partial charge on any atom is 0.204 e. The van der Waals surface area contributed by atoms with Gasteiger partial charge in [0.25, 0.3) is 0 Å². The lowest BCUT2D eigenvalue weighted by molar-refractivity contribution is 0.413. The number of hydrogen-bond donors (Lipinski definition) is 1. The van der Waals surface area contributed by atoms with Crippen molar-refractivity contribution in [2.45, 2.75) is 6.54 Å². The first-order valence-electron chi connectivity index (χ1n) is 5.93. The van der Waals surface area contributed by atoms with Crippen LogP contribution in [0.2, 0.25) is 0 Å².